The van der Waals surface area contributed by atoms with Crippen molar-refractivity contribution < 1.29 is 14.6 Å². The Bertz CT molecular complexity index is 867. The van der Waals surface area contributed by atoms with Crippen LogP contribution in [0.5, 0.6) is 11.5 Å². The summed E-state index contributed by atoms with van der Waals surface area (Å²) in [4.78, 5) is 7.23. The predicted molar refractivity (Wildman–Crippen MR) is 127 cm³/mol. The summed E-state index contributed by atoms with van der Waals surface area (Å²) < 4.78 is 11.5. The van der Waals surface area contributed by atoms with Gasteiger partial charge in [0.25, 0.3) is 0 Å². The summed E-state index contributed by atoms with van der Waals surface area (Å²) in [6.45, 7) is 11.3. The molecule has 0 saturated carbocycles. The Labute approximate surface area is 192 Å². The fraction of sp³-hybridized carbons (Fsp3) is 0.538. The van der Waals surface area contributed by atoms with E-state index in [0.717, 1.165) is 64.5 Å². The number of β-amino-alcohol motifs (C(OH)–C–C–N with tert-alkyl or cyclic N) is 1. The first kappa shape index (κ1) is 23.1. The Kier molecular flexibility index (Phi) is 8.03. The number of fused-ring (bicyclic) bond motifs is 1. The average Bonchev–Trinajstić information content (AvgIpc) is 2.83. The van der Waals surface area contributed by atoms with Gasteiger partial charge in [-0.1, -0.05) is 37.3 Å². The van der Waals surface area contributed by atoms with Crippen molar-refractivity contribution in [2.24, 2.45) is 0 Å². The quantitative estimate of drug-likeness (QED) is 0.648. The summed E-state index contributed by atoms with van der Waals surface area (Å²) >= 11 is 0. The molecule has 0 aliphatic carbocycles. The lowest BCUT2D eigenvalue weighted by atomic mass is 9.99. The largest absolute Gasteiger partial charge is 0.493 e. The fourth-order valence-corrected chi connectivity index (χ4v) is 4.70. The van der Waals surface area contributed by atoms with Gasteiger partial charge in [0.1, 0.15) is 12.7 Å². The first-order valence-electron chi connectivity index (χ1n) is 11.9. The van der Waals surface area contributed by atoms with Gasteiger partial charge in [0.15, 0.2) is 11.5 Å². The number of methoxy groups -OCH3 is 1. The normalized spacial score (nSPS) is 18.8. The van der Waals surface area contributed by atoms with Crippen molar-refractivity contribution in [3.8, 4) is 11.5 Å². The van der Waals surface area contributed by atoms with E-state index >= 15 is 0 Å². The average molecular weight is 440 g/mol. The SMILES string of the molecule is CCN1CCN(CC(O)COc2ccc(CN3CCc4ccccc4C3)cc2OC)CC1. The second-order valence-electron chi connectivity index (χ2n) is 8.91. The van der Waals surface area contributed by atoms with E-state index in [4.69, 9.17) is 9.47 Å². The molecule has 32 heavy (non-hydrogen) atoms. The van der Waals surface area contributed by atoms with Gasteiger partial charge in [-0.25, -0.2) is 0 Å². The van der Waals surface area contributed by atoms with E-state index in [-0.39, 0.29) is 6.61 Å². The van der Waals surface area contributed by atoms with Crippen LogP contribution >= 0.6 is 0 Å². The van der Waals surface area contributed by atoms with E-state index < -0.39 is 6.10 Å². The molecule has 6 nitrogen and oxygen atoms in total. The molecule has 0 radical (unpaired) electrons. The zero-order valence-corrected chi connectivity index (χ0v) is 19.5. The van der Waals surface area contributed by atoms with Crippen molar-refractivity contribution in [1.29, 1.82) is 0 Å². The number of nitrogens with zero attached hydrogens (tertiary/aromatic N) is 3. The maximum Gasteiger partial charge on any atom is 0.161 e. The molecule has 2 heterocycles. The van der Waals surface area contributed by atoms with Crippen molar-refractivity contribution in [3.05, 3.63) is 59.2 Å². The zero-order valence-electron chi connectivity index (χ0n) is 19.5. The molecule has 1 atom stereocenters. The highest BCUT2D eigenvalue weighted by atomic mass is 16.5. The standard InChI is InChI=1S/C26H37N3O3/c1-3-27-12-14-28(15-13-27)19-24(30)20-32-25-9-8-21(16-26(25)31-2)17-29-11-10-22-6-4-5-7-23(22)18-29/h4-9,16,24,30H,3,10-15,17-20H2,1-2H3. The van der Waals surface area contributed by atoms with Gasteiger partial charge in [0.2, 0.25) is 0 Å². The molecule has 4 rings (SSSR count). The number of piperazine rings is 1. The van der Waals surface area contributed by atoms with Gasteiger partial charge >= 0.3 is 0 Å². The lowest BCUT2D eigenvalue weighted by molar-refractivity contribution is 0.0464. The maximum absolute atomic E-state index is 10.5. The molecule has 0 amide bonds. The number of rotatable bonds is 9. The molecule has 1 saturated heterocycles. The van der Waals surface area contributed by atoms with Crippen LogP contribution in [0, 0.1) is 0 Å². The molecule has 2 aliphatic heterocycles. The molecule has 0 spiro atoms. The van der Waals surface area contributed by atoms with E-state index in [1.54, 1.807) is 7.11 Å². The van der Waals surface area contributed by atoms with Crippen molar-refractivity contribution in [1.82, 2.24) is 14.7 Å². The van der Waals surface area contributed by atoms with E-state index in [1.165, 1.54) is 16.7 Å². The van der Waals surface area contributed by atoms with Crippen LogP contribution in [-0.4, -0.2) is 85.4 Å². The van der Waals surface area contributed by atoms with Gasteiger partial charge in [0.05, 0.1) is 7.11 Å². The molecule has 2 aromatic rings. The van der Waals surface area contributed by atoms with Gasteiger partial charge in [-0.2, -0.15) is 0 Å². The molecular formula is C26H37N3O3. The number of aliphatic hydroxyl groups excluding tert-OH is 1. The summed E-state index contributed by atoms with van der Waals surface area (Å²) in [7, 11) is 1.67. The smallest absolute Gasteiger partial charge is 0.161 e. The van der Waals surface area contributed by atoms with Crippen molar-refractivity contribution in [2.45, 2.75) is 32.5 Å². The first-order valence-corrected chi connectivity index (χ1v) is 11.9. The van der Waals surface area contributed by atoms with Crippen LogP contribution < -0.4 is 9.47 Å². The van der Waals surface area contributed by atoms with Crippen molar-refractivity contribution in [3.63, 3.8) is 0 Å². The van der Waals surface area contributed by atoms with Crippen LogP contribution in [0.2, 0.25) is 0 Å². The van der Waals surface area contributed by atoms with Gasteiger partial charge in [0, 0.05) is 52.4 Å². The highest BCUT2D eigenvalue weighted by Gasteiger charge is 2.20. The lowest BCUT2D eigenvalue weighted by Crippen LogP contribution is -2.49. The molecule has 2 aromatic carbocycles. The van der Waals surface area contributed by atoms with E-state index in [2.05, 4.69) is 58.0 Å². The Morgan fingerprint density at radius 2 is 1.66 bits per heavy atom. The number of likely N-dealkylation sites (N-methyl/N-ethyl adjacent to an activating group) is 1. The summed E-state index contributed by atoms with van der Waals surface area (Å²) in [6, 6.07) is 14.9. The third-order valence-electron chi connectivity index (χ3n) is 6.66. The second-order valence-corrected chi connectivity index (χ2v) is 8.91. The Balaban J connectivity index is 1.28. The summed E-state index contributed by atoms with van der Waals surface area (Å²) in [5.74, 6) is 1.42. The lowest BCUT2D eigenvalue weighted by Gasteiger charge is -2.34. The Morgan fingerprint density at radius 1 is 0.906 bits per heavy atom. The van der Waals surface area contributed by atoms with E-state index in [1.807, 2.05) is 6.07 Å². The van der Waals surface area contributed by atoms with Crippen LogP contribution in [0.3, 0.4) is 0 Å². The number of hydrogen-bond acceptors (Lipinski definition) is 6. The van der Waals surface area contributed by atoms with Crippen molar-refractivity contribution in [2.75, 3.05) is 59.5 Å². The number of benzene rings is 2. The topological polar surface area (TPSA) is 48.4 Å². The van der Waals surface area contributed by atoms with E-state index in [0.29, 0.717) is 12.3 Å². The highest BCUT2D eigenvalue weighted by molar-refractivity contribution is 5.43. The highest BCUT2D eigenvalue weighted by Crippen LogP contribution is 2.29. The van der Waals surface area contributed by atoms with Crippen LogP contribution in [-0.2, 0) is 19.5 Å². The zero-order chi connectivity index (χ0) is 22.3. The third kappa shape index (κ3) is 6.01. The summed E-state index contributed by atoms with van der Waals surface area (Å²) in [6.07, 6.45) is 0.584. The van der Waals surface area contributed by atoms with Crippen LogP contribution in [0.25, 0.3) is 0 Å². The van der Waals surface area contributed by atoms with Gasteiger partial charge < -0.3 is 19.5 Å². The summed E-state index contributed by atoms with van der Waals surface area (Å²) in [5.41, 5.74) is 4.11. The van der Waals surface area contributed by atoms with Crippen LogP contribution in [0.4, 0.5) is 0 Å². The number of ether oxygens (including phenoxy) is 2. The first-order chi connectivity index (χ1) is 15.6. The molecular weight excluding hydrogens is 402 g/mol. The minimum Gasteiger partial charge on any atom is -0.493 e. The Hall–Kier alpha value is -2.12. The Morgan fingerprint density at radius 3 is 2.41 bits per heavy atom. The number of hydrogen-bond donors (Lipinski definition) is 1. The summed E-state index contributed by atoms with van der Waals surface area (Å²) in [5, 5.41) is 10.5. The van der Waals surface area contributed by atoms with Gasteiger partial charge in [-0.05, 0) is 41.8 Å². The third-order valence-corrected chi connectivity index (χ3v) is 6.66. The molecule has 1 N–H and O–H groups in total. The maximum atomic E-state index is 10.5. The fourth-order valence-electron chi connectivity index (χ4n) is 4.70. The molecule has 6 heteroatoms. The number of aliphatic hydroxyl groups is 1. The van der Waals surface area contributed by atoms with Gasteiger partial charge in [-0.15, -0.1) is 0 Å². The van der Waals surface area contributed by atoms with E-state index in [9.17, 15) is 5.11 Å². The molecule has 2 aliphatic rings. The molecule has 1 fully saturated rings. The molecule has 174 valence electrons. The molecule has 0 aromatic heterocycles. The predicted octanol–water partition coefficient (Wildman–Crippen LogP) is 2.63. The monoisotopic (exact) mass is 439 g/mol. The van der Waals surface area contributed by atoms with Crippen LogP contribution in [0.15, 0.2) is 42.5 Å². The molecule has 1 unspecified atom stereocenters. The second kappa shape index (κ2) is 11.1. The van der Waals surface area contributed by atoms with Crippen LogP contribution in [0.1, 0.15) is 23.6 Å². The minimum absolute atomic E-state index is 0.270. The van der Waals surface area contributed by atoms with Gasteiger partial charge in [-0.3, -0.25) is 9.80 Å². The van der Waals surface area contributed by atoms with Crippen molar-refractivity contribution >= 4 is 0 Å². The molecule has 0 bridgehead atoms. The minimum atomic E-state index is -0.513.